The maximum absolute atomic E-state index is 11.6. The van der Waals surface area contributed by atoms with Gasteiger partial charge in [0.1, 0.15) is 5.82 Å². The van der Waals surface area contributed by atoms with Crippen molar-refractivity contribution >= 4 is 11.7 Å². The second kappa shape index (κ2) is 4.59. The van der Waals surface area contributed by atoms with Crippen LogP contribution in [-0.2, 0) is 6.61 Å². The maximum atomic E-state index is 11.6. The molecule has 2 heterocycles. The molecule has 0 saturated carbocycles. The number of carbonyl (C=O) groups excluding carboxylic acids is 1. The molecule has 0 aliphatic rings. The summed E-state index contributed by atoms with van der Waals surface area (Å²) in [7, 11) is 0. The molecule has 2 N–H and O–H groups in total. The van der Waals surface area contributed by atoms with Crippen molar-refractivity contribution in [2.45, 2.75) is 6.61 Å². The number of carbonyl (C=O) groups is 1. The van der Waals surface area contributed by atoms with Crippen molar-refractivity contribution in [3.63, 3.8) is 0 Å². The topological polar surface area (TPSA) is 75.4 Å². The molecular weight excluding hydrogens is 208 g/mol. The van der Waals surface area contributed by atoms with Crippen molar-refractivity contribution in [3.8, 4) is 0 Å². The molecule has 0 unspecified atom stereocenters. The molecule has 0 aliphatic heterocycles. The van der Waals surface area contributed by atoms with Gasteiger partial charge in [-0.1, -0.05) is 6.07 Å². The maximum Gasteiger partial charge on any atom is 0.292 e. The van der Waals surface area contributed by atoms with Gasteiger partial charge in [0, 0.05) is 11.8 Å². The molecule has 0 spiro atoms. The molecular formula is C11H10N2O3. The van der Waals surface area contributed by atoms with E-state index in [1.165, 1.54) is 12.5 Å². The lowest BCUT2D eigenvalue weighted by molar-refractivity contribution is 0.0996. The van der Waals surface area contributed by atoms with E-state index in [9.17, 15) is 4.79 Å². The van der Waals surface area contributed by atoms with Crippen molar-refractivity contribution in [3.05, 3.63) is 48.0 Å². The molecule has 0 aliphatic carbocycles. The first-order chi connectivity index (χ1) is 7.81. The Hall–Kier alpha value is -2.14. The van der Waals surface area contributed by atoms with E-state index in [1.807, 2.05) is 0 Å². The standard InChI is InChI=1S/C11H10N2O3/c14-7-8-3-1-5-12-10(8)13-11(15)9-4-2-6-16-9/h1-6,14H,7H2,(H,12,13,15). The second-order valence-corrected chi connectivity index (χ2v) is 3.10. The van der Waals surface area contributed by atoms with Gasteiger partial charge in [-0.25, -0.2) is 4.98 Å². The predicted octanol–water partition coefficient (Wildman–Crippen LogP) is 1.42. The Bertz CT molecular complexity index is 480. The van der Waals surface area contributed by atoms with Gasteiger partial charge in [-0.3, -0.25) is 4.79 Å². The Kier molecular flexibility index (Phi) is 2.98. The fourth-order valence-electron chi connectivity index (χ4n) is 1.26. The molecule has 5 heteroatoms. The number of aromatic nitrogens is 1. The van der Waals surface area contributed by atoms with E-state index in [-0.39, 0.29) is 12.4 Å². The third-order valence-corrected chi connectivity index (χ3v) is 2.04. The zero-order chi connectivity index (χ0) is 11.4. The first kappa shape index (κ1) is 10.4. The van der Waals surface area contributed by atoms with Crippen molar-refractivity contribution < 1.29 is 14.3 Å². The molecule has 2 rings (SSSR count). The minimum atomic E-state index is -0.390. The first-order valence-electron chi connectivity index (χ1n) is 4.71. The molecule has 16 heavy (non-hydrogen) atoms. The van der Waals surface area contributed by atoms with Gasteiger partial charge in [-0.05, 0) is 18.2 Å². The summed E-state index contributed by atoms with van der Waals surface area (Å²) in [5, 5.41) is 11.6. The molecule has 5 nitrogen and oxygen atoms in total. The van der Waals surface area contributed by atoms with Gasteiger partial charge >= 0.3 is 0 Å². The van der Waals surface area contributed by atoms with Crippen LogP contribution < -0.4 is 5.32 Å². The normalized spacial score (nSPS) is 10.1. The zero-order valence-corrected chi connectivity index (χ0v) is 8.38. The molecule has 2 aromatic rings. The minimum Gasteiger partial charge on any atom is -0.459 e. The third kappa shape index (κ3) is 2.09. The quantitative estimate of drug-likeness (QED) is 0.816. The van der Waals surface area contributed by atoms with Crippen LogP contribution in [0.2, 0.25) is 0 Å². The Morgan fingerprint density at radius 3 is 3.00 bits per heavy atom. The lowest BCUT2D eigenvalue weighted by Gasteiger charge is -2.06. The number of hydrogen-bond donors (Lipinski definition) is 2. The van der Waals surface area contributed by atoms with Crippen LogP contribution in [0.1, 0.15) is 16.1 Å². The largest absolute Gasteiger partial charge is 0.459 e. The zero-order valence-electron chi connectivity index (χ0n) is 8.38. The fraction of sp³-hybridized carbons (Fsp3) is 0.0909. The summed E-state index contributed by atoms with van der Waals surface area (Å²) < 4.78 is 4.94. The van der Waals surface area contributed by atoms with Gasteiger partial charge in [0.2, 0.25) is 0 Å². The smallest absolute Gasteiger partial charge is 0.292 e. The molecule has 0 fully saturated rings. The highest BCUT2D eigenvalue weighted by Gasteiger charge is 2.11. The van der Waals surface area contributed by atoms with Gasteiger partial charge in [0.05, 0.1) is 12.9 Å². The molecule has 82 valence electrons. The number of nitrogens with one attached hydrogen (secondary N) is 1. The fourth-order valence-corrected chi connectivity index (χ4v) is 1.26. The van der Waals surface area contributed by atoms with Gasteiger partial charge < -0.3 is 14.8 Å². The average molecular weight is 218 g/mol. The highest BCUT2D eigenvalue weighted by atomic mass is 16.3. The number of hydrogen-bond acceptors (Lipinski definition) is 4. The van der Waals surface area contributed by atoms with Crippen LogP contribution in [0.5, 0.6) is 0 Å². The summed E-state index contributed by atoms with van der Waals surface area (Å²) in [6.45, 7) is -0.179. The number of amides is 1. The average Bonchev–Trinajstić information content (AvgIpc) is 2.83. The van der Waals surface area contributed by atoms with Crippen molar-refractivity contribution in [2.75, 3.05) is 5.32 Å². The number of anilines is 1. The molecule has 1 amide bonds. The van der Waals surface area contributed by atoms with Crippen LogP contribution in [0, 0.1) is 0 Å². The van der Waals surface area contributed by atoms with Crippen LogP contribution in [0.3, 0.4) is 0 Å². The van der Waals surface area contributed by atoms with Crippen LogP contribution in [-0.4, -0.2) is 16.0 Å². The van der Waals surface area contributed by atoms with Gasteiger partial charge in [-0.15, -0.1) is 0 Å². The van der Waals surface area contributed by atoms with Crippen molar-refractivity contribution in [1.29, 1.82) is 0 Å². The van der Waals surface area contributed by atoms with Gasteiger partial charge in [0.15, 0.2) is 5.76 Å². The monoisotopic (exact) mass is 218 g/mol. The van der Waals surface area contributed by atoms with E-state index < -0.39 is 5.91 Å². The predicted molar refractivity (Wildman–Crippen MR) is 56.8 cm³/mol. The van der Waals surface area contributed by atoms with Crippen LogP contribution in [0.25, 0.3) is 0 Å². The lowest BCUT2D eigenvalue weighted by Crippen LogP contribution is -2.13. The van der Waals surface area contributed by atoms with E-state index in [0.29, 0.717) is 11.4 Å². The summed E-state index contributed by atoms with van der Waals surface area (Å²) in [5.41, 5.74) is 0.558. The lowest BCUT2D eigenvalue weighted by atomic mass is 10.2. The molecule has 0 radical (unpaired) electrons. The Balaban J connectivity index is 2.18. The summed E-state index contributed by atoms with van der Waals surface area (Å²) in [6.07, 6.45) is 2.96. The summed E-state index contributed by atoms with van der Waals surface area (Å²) in [4.78, 5) is 15.6. The van der Waals surface area contributed by atoms with E-state index in [2.05, 4.69) is 10.3 Å². The summed E-state index contributed by atoms with van der Waals surface area (Å²) in [5.74, 6) is 0.152. The molecule has 0 saturated heterocycles. The Morgan fingerprint density at radius 2 is 2.31 bits per heavy atom. The first-order valence-corrected chi connectivity index (χ1v) is 4.71. The van der Waals surface area contributed by atoms with Crippen molar-refractivity contribution in [1.82, 2.24) is 4.98 Å². The molecule has 0 bridgehead atoms. The van der Waals surface area contributed by atoms with Gasteiger partial charge in [-0.2, -0.15) is 0 Å². The molecule has 0 atom stereocenters. The second-order valence-electron chi connectivity index (χ2n) is 3.10. The molecule has 0 aromatic carbocycles. The highest BCUT2D eigenvalue weighted by Crippen LogP contribution is 2.12. The highest BCUT2D eigenvalue weighted by molar-refractivity contribution is 6.01. The summed E-state index contributed by atoms with van der Waals surface area (Å²) >= 11 is 0. The Morgan fingerprint density at radius 1 is 1.44 bits per heavy atom. The van der Waals surface area contributed by atoms with Crippen molar-refractivity contribution in [2.24, 2.45) is 0 Å². The Labute approximate surface area is 91.7 Å². The number of rotatable bonds is 3. The van der Waals surface area contributed by atoms with E-state index in [1.54, 1.807) is 24.3 Å². The SMILES string of the molecule is O=C(Nc1ncccc1CO)c1ccco1. The van der Waals surface area contributed by atoms with Crippen LogP contribution >= 0.6 is 0 Å². The minimum absolute atomic E-state index is 0.179. The van der Waals surface area contributed by atoms with E-state index in [4.69, 9.17) is 9.52 Å². The number of aliphatic hydroxyl groups excluding tert-OH is 1. The number of furan rings is 1. The summed E-state index contributed by atoms with van der Waals surface area (Å²) in [6, 6.07) is 6.55. The number of aliphatic hydroxyl groups is 1. The number of nitrogens with zero attached hydrogens (tertiary/aromatic N) is 1. The van der Waals surface area contributed by atoms with Gasteiger partial charge in [0.25, 0.3) is 5.91 Å². The third-order valence-electron chi connectivity index (χ3n) is 2.04. The number of pyridine rings is 1. The van der Waals surface area contributed by atoms with E-state index >= 15 is 0 Å². The van der Waals surface area contributed by atoms with E-state index in [0.717, 1.165) is 0 Å². The van der Waals surface area contributed by atoms with Crippen LogP contribution in [0.4, 0.5) is 5.82 Å². The molecule has 2 aromatic heterocycles. The van der Waals surface area contributed by atoms with Crippen LogP contribution in [0.15, 0.2) is 41.1 Å².